The van der Waals surface area contributed by atoms with Crippen LogP contribution in [0.25, 0.3) is 0 Å². The van der Waals surface area contributed by atoms with Crippen molar-refractivity contribution < 1.29 is 37.2 Å². The molecule has 2 aliphatic carbocycles. The van der Waals surface area contributed by atoms with Crippen molar-refractivity contribution in [3.63, 3.8) is 0 Å². The van der Waals surface area contributed by atoms with E-state index in [9.17, 15) is 32.5 Å². The fourth-order valence-corrected chi connectivity index (χ4v) is 9.13. The molecule has 348 valence electrons. The molecule has 0 fully saturated rings. The average Bonchev–Trinajstić information content (AvgIpc) is 3.16. The summed E-state index contributed by atoms with van der Waals surface area (Å²) < 4.78 is 48.5. The fraction of sp³-hybridized carbons (Fsp3) is 0.540. The van der Waals surface area contributed by atoms with Gasteiger partial charge in [-0.2, -0.15) is 0 Å². The summed E-state index contributed by atoms with van der Waals surface area (Å²) in [5.41, 5.74) is 8.20. The molecular formula is C50H78N2O8S2. The molecule has 0 aromatic heterocycles. The molecule has 0 bridgehead atoms. The summed E-state index contributed by atoms with van der Waals surface area (Å²) in [5.74, 6) is 1.65. The molecule has 2 unspecified atom stereocenters. The maximum absolute atomic E-state index is 11.9. The van der Waals surface area contributed by atoms with Crippen LogP contribution in [0.5, 0.6) is 23.0 Å². The zero-order valence-corrected chi connectivity index (χ0v) is 40.9. The molecule has 0 heterocycles. The summed E-state index contributed by atoms with van der Waals surface area (Å²) in [5, 5.41) is 40.1. The van der Waals surface area contributed by atoms with Gasteiger partial charge in [0.15, 0.2) is 16.1 Å². The summed E-state index contributed by atoms with van der Waals surface area (Å²) in [6, 6.07) is 7.49. The first-order valence-corrected chi connectivity index (χ1v) is 26.0. The van der Waals surface area contributed by atoms with Crippen LogP contribution < -0.4 is 15.4 Å². The van der Waals surface area contributed by atoms with E-state index in [1.54, 1.807) is 14.1 Å². The second kappa shape index (κ2) is 26.0. The van der Waals surface area contributed by atoms with Gasteiger partial charge in [-0.3, -0.25) is 5.32 Å². The molecule has 0 aliphatic heterocycles. The zero-order chi connectivity index (χ0) is 46.8. The van der Waals surface area contributed by atoms with Crippen LogP contribution in [0.15, 0.2) is 83.5 Å². The average molecular weight is 899 g/mol. The molecule has 2 aromatic carbocycles. The molecule has 0 saturated carbocycles. The van der Waals surface area contributed by atoms with Crippen molar-refractivity contribution in [2.75, 3.05) is 26.6 Å². The van der Waals surface area contributed by atoms with E-state index in [0.29, 0.717) is 11.3 Å². The minimum atomic E-state index is -3.12. The van der Waals surface area contributed by atoms with Gasteiger partial charge in [0.05, 0.1) is 9.80 Å². The monoisotopic (exact) mass is 899 g/mol. The van der Waals surface area contributed by atoms with Crippen molar-refractivity contribution in [3.8, 4) is 23.0 Å². The molecule has 62 heavy (non-hydrogen) atoms. The number of ether oxygens (including phenoxy) is 1. The standard InChI is InChI=1S/C25H39NO4S.C21H30O2.C4H9NO2S/c1-7-8-9-10-19-14-22(27)25(21-13-18(4)11-12-20(21)17(2)3)23(15-19)30-24(26-5)16-31(6,28)29;1-5-6-7-8-16-12-19(22)21(20(23)13-16)18-11-15(4)9-10-17(18)14(2)3;1-5-3-4-8(2,6)7/h13-16,20-21,24,26-27H,2,7-12H2,1,3-6H3,(H,28,29);11-13,17-18,22-23H,2,5-10H2,1,3-4H3;3-5H,1-2H3/b;;4-3-/t20-,21+,24?;17-,18+;/m00./s1. The molecule has 0 radical (unpaired) electrons. The lowest BCUT2D eigenvalue weighted by molar-refractivity contribution is 0.239. The highest BCUT2D eigenvalue weighted by molar-refractivity contribution is 7.95. The molecule has 4 rings (SSSR count). The van der Waals surface area contributed by atoms with Gasteiger partial charge in [0.25, 0.3) is 0 Å². The number of allylic oxidation sites excluding steroid dienone is 6. The van der Waals surface area contributed by atoms with Gasteiger partial charge >= 0.3 is 0 Å². The Kier molecular flexibility index (Phi) is 22.7. The zero-order valence-electron chi connectivity index (χ0n) is 39.2. The van der Waals surface area contributed by atoms with Crippen LogP contribution in [0.1, 0.15) is 140 Å². The van der Waals surface area contributed by atoms with Gasteiger partial charge in [0, 0.05) is 59.5 Å². The Morgan fingerprint density at radius 2 is 1.21 bits per heavy atom. The lowest BCUT2D eigenvalue weighted by atomic mass is 9.73. The minimum Gasteiger partial charge on any atom is -0.507 e. The number of rotatable bonds is 18. The van der Waals surface area contributed by atoms with Gasteiger partial charge in [-0.1, -0.05) is 87.1 Å². The predicted octanol–water partition coefficient (Wildman–Crippen LogP) is 10.8. The van der Waals surface area contributed by atoms with Crippen LogP contribution >= 0.6 is 0 Å². The normalized spacial score (nSPS) is 20.2. The van der Waals surface area contributed by atoms with Crippen LogP contribution in [0.3, 0.4) is 0 Å². The Balaban J connectivity index is 0.000000373. The molecule has 12 heteroatoms. The quantitative estimate of drug-likeness (QED) is 0.0367. The Hall–Kier alpha value is -3.97. The van der Waals surface area contributed by atoms with Gasteiger partial charge in [-0.15, -0.1) is 0 Å². The molecule has 2 aromatic rings. The van der Waals surface area contributed by atoms with E-state index in [1.807, 2.05) is 38.1 Å². The smallest absolute Gasteiger partial charge is 0.179 e. The largest absolute Gasteiger partial charge is 0.507 e. The van der Waals surface area contributed by atoms with Crippen molar-refractivity contribution in [2.24, 2.45) is 11.8 Å². The molecule has 2 aliphatic rings. The number of aryl methyl sites for hydroxylation is 2. The third-order valence-electron chi connectivity index (χ3n) is 11.3. The first-order valence-electron chi connectivity index (χ1n) is 22.1. The maximum Gasteiger partial charge on any atom is 0.179 e. The number of phenols is 3. The third kappa shape index (κ3) is 18.4. The second-order valence-electron chi connectivity index (χ2n) is 17.3. The minimum absolute atomic E-state index is 0.0194. The van der Waals surface area contributed by atoms with Gasteiger partial charge in [-0.25, -0.2) is 12.6 Å². The first kappa shape index (κ1) is 54.2. The van der Waals surface area contributed by atoms with Crippen molar-refractivity contribution in [1.29, 1.82) is 0 Å². The molecule has 6 atom stereocenters. The number of nitrogens with one attached hydrogen (secondary N) is 2. The number of hydrogen-bond acceptors (Lipinski definition) is 9. The van der Waals surface area contributed by atoms with E-state index in [0.717, 1.165) is 104 Å². The number of hydrogen-bond donors (Lipinski definition) is 6. The fourth-order valence-electron chi connectivity index (χ4n) is 8.09. The molecular weight excluding hydrogens is 821 g/mol. The van der Waals surface area contributed by atoms with Crippen LogP contribution in [0.2, 0.25) is 0 Å². The van der Waals surface area contributed by atoms with E-state index in [4.69, 9.17) is 4.74 Å². The number of aromatic hydroxyl groups is 3. The number of sulfone groups is 1. The summed E-state index contributed by atoms with van der Waals surface area (Å²) >= 11 is 0. The maximum atomic E-state index is 11.9. The molecule has 10 nitrogen and oxygen atoms in total. The van der Waals surface area contributed by atoms with Crippen molar-refractivity contribution in [3.05, 3.63) is 106 Å². The van der Waals surface area contributed by atoms with E-state index in [2.05, 4.69) is 63.6 Å². The Labute approximate surface area is 375 Å². The highest BCUT2D eigenvalue weighted by atomic mass is 32.2. The highest BCUT2D eigenvalue weighted by Gasteiger charge is 2.32. The van der Waals surface area contributed by atoms with E-state index >= 15 is 0 Å². The Morgan fingerprint density at radius 3 is 1.58 bits per heavy atom. The van der Waals surface area contributed by atoms with Crippen LogP contribution in [0, 0.1) is 11.8 Å². The third-order valence-corrected chi connectivity index (χ3v) is 12.7. The van der Waals surface area contributed by atoms with Gasteiger partial charge < -0.3 is 29.9 Å². The Bertz CT molecular complexity index is 2100. The summed E-state index contributed by atoms with van der Waals surface area (Å²) in [4.78, 5) is 0. The topological polar surface area (TPSA) is 165 Å². The molecule has 6 N–H and O–H groups in total. The second-order valence-corrected chi connectivity index (χ2v) is 21.2. The Morgan fingerprint density at radius 1 is 0.774 bits per heavy atom. The number of benzene rings is 2. The predicted molar refractivity (Wildman–Crippen MR) is 262 cm³/mol. The van der Waals surface area contributed by atoms with E-state index in [-0.39, 0.29) is 40.9 Å². The van der Waals surface area contributed by atoms with Gasteiger partial charge in [-0.05, 0) is 133 Å². The van der Waals surface area contributed by atoms with Crippen LogP contribution in [-0.2, 0) is 32.5 Å². The number of phenolic OH excluding ortho intramolecular Hbond substituents is 3. The van der Waals surface area contributed by atoms with Crippen LogP contribution in [-0.4, -0.2) is 70.7 Å². The van der Waals surface area contributed by atoms with Crippen molar-refractivity contribution in [1.82, 2.24) is 10.6 Å². The lowest BCUT2D eigenvalue weighted by Gasteiger charge is -2.32. The molecule has 0 saturated heterocycles. The lowest BCUT2D eigenvalue weighted by Crippen LogP contribution is -2.35. The summed E-state index contributed by atoms with van der Waals surface area (Å²) in [7, 11) is -2.72. The van der Waals surface area contributed by atoms with E-state index < -0.39 is 25.9 Å². The summed E-state index contributed by atoms with van der Waals surface area (Å²) in [6.07, 6.45) is 19.9. The van der Waals surface area contributed by atoms with Gasteiger partial charge in [0.1, 0.15) is 23.0 Å². The van der Waals surface area contributed by atoms with E-state index in [1.165, 1.54) is 41.8 Å². The van der Waals surface area contributed by atoms with Crippen molar-refractivity contribution in [2.45, 2.75) is 137 Å². The number of unbranched alkanes of at least 4 members (excludes halogenated alkanes) is 4. The highest BCUT2D eigenvalue weighted by Crippen LogP contribution is 2.48. The van der Waals surface area contributed by atoms with Gasteiger partial charge in [0.2, 0.25) is 0 Å². The first-order chi connectivity index (χ1) is 29.0. The SMILES string of the molecule is C=C(C)[C@@H]1CCC(C)=C[C@H]1c1c(O)cc(CCCCC)cc1O.C=C(C)[C@@H]1CCC(C)=C[C@H]1c1c(O)cc(CCCCC)cc1OC(C=S(C)(=O)O)NC.CN/C=C\S(C)(=O)=O. The molecule has 0 amide bonds. The summed E-state index contributed by atoms with van der Waals surface area (Å²) in [6.45, 7) is 20.9. The van der Waals surface area contributed by atoms with Crippen molar-refractivity contribution >= 4 is 25.0 Å². The van der Waals surface area contributed by atoms with Crippen LogP contribution in [0.4, 0.5) is 0 Å². The molecule has 0 spiro atoms.